The van der Waals surface area contributed by atoms with Gasteiger partial charge in [-0.25, -0.2) is 0 Å². The summed E-state index contributed by atoms with van der Waals surface area (Å²) in [5, 5.41) is 7.68. The fraction of sp³-hybridized carbons (Fsp3) is 0.435. The van der Waals surface area contributed by atoms with Crippen molar-refractivity contribution in [3.63, 3.8) is 0 Å². The Labute approximate surface area is 197 Å². The maximum atomic E-state index is 15.2. The Morgan fingerprint density at radius 2 is 1.94 bits per heavy atom. The van der Waals surface area contributed by atoms with Crippen molar-refractivity contribution >= 4 is 23.7 Å². The molecule has 1 unspecified atom stereocenters. The van der Waals surface area contributed by atoms with Gasteiger partial charge in [-0.15, -0.1) is 21.5 Å². The van der Waals surface area contributed by atoms with Crippen LogP contribution in [0.15, 0.2) is 40.4 Å². The summed E-state index contributed by atoms with van der Waals surface area (Å²) in [6.07, 6.45) is 4.44. The third kappa shape index (κ3) is 3.41. The number of hydrogen-bond acceptors (Lipinski definition) is 7. The molecule has 2 aliphatic heterocycles. The van der Waals surface area contributed by atoms with Crippen LogP contribution in [0.3, 0.4) is 0 Å². The highest BCUT2D eigenvalue weighted by Gasteiger charge is 2.58. The zero-order valence-corrected chi connectivity index (χ0v) is 18.9. The van der Waals surface area contributed by atoms with E-state index in [4.69, 9.17) is 4.42 Å². The van der Waals surface area contributed by atoms with E-state index in [9.17, 15) is 9.59 Å². The van der Waals surface area contributed by atoms with Gasteiger partial charge in [0.05, 0.1) is 17.6 Å². The molecular weight excluding hydrogens is 464 g/mol. The lowest BCUT2D eigenvalue weighted by Gasteiger charge is -2.48. The Morgan fingerprint density at radius 1 is 1.18 bits per heavy atom. The van der Waals surface area contributed by atoms with Gasteiger partial charge in [-0.2, -0.15) is 8.78 Å². The zero-order valence-electron chi connectivity index (χ0n) is 18.1. The number of alkyl halides is 2. The van der Waals surface area contributed by atoms with E-state index in [0.29, 0.717) is 30.4 Å². The first kappa shape index (κ1) is 21.3. The second kappa shape index (κ2) is 7.66. The highest BCUT2D eigenvalue weighted by molar-refractivity contribution is 7.11. The van der Waals surface area contributed by atoms with E-state index in [1.54, 1.807) is 27.4 Å². The molecule has 1 spiro atoms. The number of halogens is 2. The molecule has 0 radical (unpaired) electrons. The summed E-state index contributed by atoms with van der Waals surface area (Å²) < 4.78 is 36.0. The molecule has 3 aliphatic rings. The molecule has 6 rings (SSSR count). The van der Waals surface area contributed by atoms with Gasteiger partial charge in [0.1, 0.15) is 4.88 Å². The number of rotatable bonds is 6. The quantitative estimate of drug-likeness (QED) is 0.498. The molecule has 3 fully saturated rings. The van der Waals surface area contributed by atoms with E-state index in [1.807, 2.05) is 0 Å². The van der Waals surface area contributed by atoms with E-state index in [1.165, 1.54) is 29.7 Å². The van der Waals surface area contributed by atoms with Crippen LogP contribution in [0.4, 0.5) is 8.78 Å². The summed E-state index contributed by atoms with van der Waals surface area (Å²) in [6.45, 7) is 1.40. The van der Waals surface area contributed by atoms with Gasteiger partial charge in [-0.1, -0.05) is 24.3 Å². The number of nitrogens with zero attached hydrogens (tertiary/aromatic N) is 5. The van der Waals surface area contributed by atoms with Crippen molar-refractivity contribution in [1.82, 2.24) is 25.0 Å². The van der Waals surface area contributed by atoms with Crippen molar-refractivity contribution < 1.29 is 22.8 Å². The molecule has 4 heterocycles. The SMILES string of the molecule is O=CN1CC2(C1)CN(C(=O)c1cncs1)CC2c1nnc(C(F)(F)c2ccc(C3CC3)cc2)o1. The Morgan fingerprint density at radius 3 is 2.59 bits per heavy atom. The van der Waals surface area contributed by atoms with Gasteiger partial charge < -0.3 is 14.2 Å². The Kier molecular flexibility index (Phi) is 4.80. The third-order valence-corrected chi connectivity index (χ3v) is 7.85. The molecule has 3 aromatic rings. The van der Waals surface area contributed by atoms with Crippen molar-refractivity contribution in [3.8, 4) is 0 Å². The molecule has 2 aromatic heterocycles. The van der Waals surface area contributed by atoms with Gasteiger partial charge in [-0.05, 0) is 24.3 Å². The average Bonchev–Trinajstić information content (AvgIpc) is 3.22. The van der Waals surface area contributed by atoms with Crippen LogP contribution < -0.4 is 0 Å². The molecule has 2 amide bonds. The van der Waals surface area contributed by atoms with Crippen LogP contribution in [0.25, 0.3) is 0 Å². The Hall–Kier alpha value is -3.21. The zero-order chi connectivity index (χ0) is 23.5. The van der Waals surface area contributed by atoms with Crippen LogP contribution in [0.5, 0.6) is 0 Å². The van der Waals surface area contributed by atoms with Gasteiger partial charge in [0.15, 0.2) is 0 Å². The number of thiazole rings is 1. The van der Waals surface area contributed by atoms with Crippen molar-refractivity contribution in [2.24, 2.45) is 5.41 Å². The van der Waals surface area contributed by atoms with Crippen LogP contribution in [0.1, 0.15) is 57.3 Å². The summed E-state index contributed by atoms with van der Waals surface area (Å²) in [5.41, 5.74) is 1.93. The lowest BCUT2D eigenvalue weighted by atomic mass is 9.72. The third-order valence-electron chi connectivity index (χ3n) is 7.09. The molecule has 8 nitrogen and oxygen atoms in total. The van der Waals surface area contributed by atoms with Crippen LogP contribution in [-0.4, -0.2) is 63.5 Å². The molecule has 2 saturated heterocycles. The summed E-state index contributed by atoms with van der Waals surface area (Å²) in [7, 11) is 0. The first-order chi connectivity index (χ1) is 16.4. The second-order valence-electron chi connectivity index (χ2n) is 9.39. The predicted molar refractivity (Wildman–Crippen MR) is 117 cm³/mol. The molecule has 0 bridgehead atoms. The topological polar surface area (TPSA) is 92.4 Å². The molecule has 1 atom stereocenters. The van der Waals surface area contributed by atoms with Crippen LogP contribution >= 0.6 is 11.3 Å². The number of aromatic nitrogens is 3. The fourth-order valence-corrected chi connectivity index (χ4v) is 5.69. The largest absolute Gasteiger partial charge is 0.419 e. The molecular formula is C23H21F2N5O3S. The normalized spacial score (nSPS) is 21.6. The van der Waals surface area contributed by atoms with E-state index in [2.05, 4.69) is 15.2 Å². The van der Waals surface area contributed by atoms with E-state index >= 15 is 8.78 Å². The minimum atomic E-state index is -3.44. The highest BCUT2D eigenvalue weighted by atomic mass is 32.1. The van der Waals surface area contributed by atoms with Gasteiger partial charge in [0.25, 0.3) is 11.8 Å². The smallest absolute Gasteiger partial charge is 0.349 e. The number of hydrogen-bond donors (Lipinski definition) is 0. The minimum absolute atomic E-state index is 0.0643. The molecule has 11 heteroatoms. The summed E-state index contributed by atoms with van der Waals surface area (Å²) in [5.74, 6) is -4.30. The lowest BCUT2D eigenvalue weighted by molar-refractivity contribution is -0.129. The molecule has 176 valence electrons. The maximum absolute atomic E-state index is 15.2. The second-order valence-corrected chi connectivity index (χ2v) is 10.3. The highest BCUT2D eigenvalue weighted by Crippen LogP contribution is 2.49. The molecule has 1 aromatic carbocycles. The van der Waals surface area contributed by atoms with Crippen molar-refractivity contribution in [3.05, 3.63) is 63.8 Å². The van der Waals surface area contributed by atoms with Crippen molar-refractivity contribution in [1.29, 1.82) is 0 Å². The molecule has 0 N–H and O–H groups in total. The Balaban J connectivity index is 1.27. The van der Waals surface area contributed by atoms with Gasteiger partial charge in [0.2, 0.25) is 12.3 Å². The van der Waals surface area contributed by atoms with Crippen LogP contribution in [0.2, 0.25) is 0 Å². The van der Waals surface area contributed by atoms with Crippen molar-refractivity contribution in [2.45, 2.75) is 30.6 Å². The molecule has 1 saturated carbocycles. The number of carbonyl (C=O) groups excluding carboxylic acids is 2. The van der Waals surface area contributed by atoms with Gasteiger partial charge in [-0.3, -0.25) is 14.6 Å². The van der Waals surface area contributed by atoms with Crippen LogP contribution in [0, 0.1) is 5.41 Å². The lowest BCUT2D eigenvalue weighted by Crippen LogP contribution is -2.59. The predicted octanol–water partition coefficient (Wildman–Crippen LogP) is 3.24. The monoisotopic (exact) mass is 485 g/mol. The number of benzene rings is 1. The maximum Gasteiger partial charge on any atom is 0.349 e. The fourth-order valence-electron chi connectivity index (χ4n) is 5.11. The minimum Gasteiger partial charge on any atom is -0.419 e. The van der Waals surface area contributed by atoms with Gasteiger partial charge >= 0.3 is 5.92 Å². The number of likely N-dealkylation sites (tertiary alicyclic amines) is 2. The number of amides is 2. The van der Waals surface area contributed by atoms with E-state index in [0.717, 1.165) is 24.8 Å². The van der Waals surface area contributed by atoms with E-state index in [-0.39, 0.29) is 23.9 Å². The average molecular weight is 486 g/mol. The van der Waals surface area contributed by atoms with E-state index < -0.39 is 23.1 Å². The summed E-state index contributed by atoms with van der Waals surface area (Å²) >= 11 is 1.24. The molecule has 1 aliphatic carbocycles. The molecule has 34 heavy (non-hydrogen) atoms. The number of carbonyl (C=O) groups is 2. The standard InChI is InChI=1S/C23H21F2N5O3S/c24-23(25,16-5-3-15(4-6-16)14-1-2-14)21-28-27-19(33-21)17-8-30(20(32)18-7-26-12-34-18)11-22(17)9-29(10-22)13-31/h3-7,12-14,17H,1-2,8-11H2. The van der Waals surface area contributed by atoms with Gasteiger partial charge in [0, 0.05) is 37.2 Å². The first-order valence-corrected chi connectivity index (χ1v) is 12.0. The summed E-state index contributed by atoms with van der Waals surface area (Å²) in [4.78, 5) is 31.8. The summed E-state index contributed by atoms with van der Waals surface area (Å²) in [6, 6.07) is 6.29. The van der Waals surface area contributed by atoms with Crippen LogP contribution in [-0.2, 0) is 10.7 Å². The van der Waals surface area contributed by atoms with Crippen molar-refractivity contribution in [2.75, 3.05) is 26.2 Å². The first-order valence-electron chi connectivity index (χ1n) is 11.1. The Bertz CT molecular complexity index is 1220.